The topological polar surface area (TPSA) is 49.3 Å². The number of thiophene rings is 1. The van der Waals surface area contributed by atoms with E-state index in [1.807, 2.05) is 23.2 Å². The number of carbonyl (C=O) groups excluding carboxylic acids is 1. The highest BCUT2D eigenvalue weighted by Crippen LogP contribution is 2.41. The van der Waals surface area contributed by atoms with E-state index in [1.165, 1.54) is 33.5 Å². The number of hydrogen-bond donors (Lipinski definition) is 0. The number of anilines is 1. The minimum atomic E-state index is 0.262. The summed E-state index contributed by atoms with van der Waals surface area (Å²) in [6, 6.07) is 0. The highest BCUT2D eigenvalue weighted by atomic mass is 32.1. The van der Waals surface area contributed by atoms with Crippen molar-refractivity contribution in [3.05, 3.63) is 16.3 Å². The fraction of sp³-hybridized carbons (Fsp3) is 0.682. The first kappa shape index (κ1) is 19.6. The maximum Gasteiger partial charge on any atom is 0.222 e. The lowest BCUT2D eigenvalue weighted by atomic mass is 9.89. The molecule has 0 N–H and O–H groups in total. The molecule has 0 spiro atoms. The number of amides is 1. The monoisotopic (exact) mass is 400 g/mol. The third-order valence-corrected chi connectivity index (χ3v) is 7.32. The summed E-state index contributed by atoms with van der Waals surface area (Å²) in [4.78, 5) is 29.2. The molecule has 152 valence electrons. The van der Waals surface area contributed by atoms with Crippen LogP contribution in [0.3, 0.4) is 0 Å². The highest BCUT2D eigenvalue weighted by molar-refractivity contribution is 7.19. The van der Waals surface area contributed by atoms with E-state index in [4.69, 9.17) is 9.97 Å². The largest absolute Gasteiger partial charge is 0.352 e. The molecule has 0 saturated carbocycles. The van der Waals surface area contributed by atoms with E-state index in [2.05, 4.69) is 18.7 Å². The Balaban J connectivity index is 1.70. The van der Waals surface area contributed by atoms with Gasteiger partial charge in [0.1, 0.15) is 16.5 Å². The molecule has 1 aliphatic heterocycles. The molecule has 1 atom stereocenters. The van der Waals surface area contributed by atoms with Gasteiger partial charge in [-0.15, -0.1) is 11.3 Å². The summed E-state index contributed by atoms with van der Waals surface area (Å²) in [6.45, 7) is 9.85. The predicted molar refractivity (Wildman–Crippen MR) is 116 cm³/mol. The molecule has 0 bridgehead atoms. The number of hydrogen-bond acceptors (Lipinski definition) is 5. The van der Waals surface area contributed by atoms with Gasteiger partial charge in [0, 0.05) is 43.9 Å². The lowest BCUT2D eigenvalue weighted by molar-refractivity contribution is -0.131. The van der Waals surface area contributed by atoms with E-state index >= 15 is 0 Å². The first-order valence-electron chi connectivity index (χ1n) is 10.9. The van der Waals surface area contributed by atoms with Crippen molar-refractivity contribution in [3.8, 4) is 0 Å². The molecule has 5 nitrogen and oxygen atoms in total. The van der Waals surface area contributed by atoms with Crippen LogP contribution in [0, 0.1) is 5.92 Å². The van der Waals surface area contributed by atoms with Crippen LogP contribution in [0.15, 0.2) is 0 Å². The summed E-state index contributed by atoms with van der Waals surface area (Å²) < 4.78 is 0. The van der Waals surface area contributed by atoms with E-state index in [0.717, 1.165) is 69.4 Å². The Bertz CT molecular complexity index is 854. The molecule has 1 saturated heterocycles. The quantitative estimate of drug-likeness (QED) is 0.754. The third-order valence-electron chi connectivity index (χ3n) is 6.17. The van der Waals surface area contributed by atoms with Gasteiger partial charge < -0.3 is 9.80 Å². The van der Waals surface area contributed by atoms with Crippen LogP contribution >= 0.6 is 11.3 Å². The van der Waals surface area contributed by atoms with Crippen molar-refractivity contribution < 1.29 is 4.79 Å². The molecule has 1 amide bonds. The van der Waals surface area contributed by atoms with Crippen molar-refractivity contribution in [2.75, 3.05) is 31.1 Å². The zero-order valence-electron chi connectivity index (χ0n) is 17.5. The Labute approximate surface area is 172 Å². The van der Waals surface area contributed by atoms with E-state index in [1.54, 1.807) is 0 Å². The van der Waals surface area contributed by atoms with Gasteiger partial charge in [0.2, 0.25) is 5.91 Å². The maximum atomic E-state index is 12.1. The Morgan fingerprint density at radius 1 is 1.18 bits per heavy atom. The number of aromatic nitrogens is 2. The van der Waals surface area contributed by atoms with Crippen molar-refractivity contribution in [2.45, 2.75) is 65.7 Å². The Morgan fingerprint density at radius 3 is 2.68 bits per heavy atom. The third kappa shape index (κ3) is 3.76. The van der Waals surface area contributed by atoms with Crippen molar-refractivity contribution >= 4 is 33.3 Å². The molecule has 3 heterocycles. The second-order valence-electron chi connectivity index (χ2n) is 8.32. The van der Waals surface area contributed by atoms with E-state index < -0.39 is 0 Å². The average molecular weight is 401 g/mol. The van der Waals surface area contributed by atoms with E-state index in [0.29, 0.717) is 6.42 Å². The SMILES string of the molecule is CCCCc1nc(N2CCN(C(=O)CC)CC2)c2c3c(sc2n1)C[C@@H](C)CC3. The Morgan fingerprint density at radius 2 is 1.96 bits per heavy atom. The number of rotatable bonds is 5. The van der Waals surface area contributed by atoms with Crippen LogP contribution in [-0.4, -0.2) is 47.0 Å². The van der Waals surface area contributed by atoms with Gasteiger partial charge in [-0.3, -0.25) is 4.79 Å². The number of carbonyl (C=O) groups is 1. The molecule has 0 unspecified atom stereocenters. The lowest BCUT2D eigenvalue weighted by Crippen LogP contribution is -2.49. The number of fused-ring (bicyclic) bond motifs is 3. The van der Waals surface area contributed by atoms with Crippen LogP contribution in [0.5, 0.6) is 0 Å². The molecule has 1 fully saturated rings. The number of nitrogens with zero attached hydrogens (tertiary/aromatic N) is 4. The summed E-state index contributed by atoms with van der Waals surface area (Å²) in [7, 11) is 0. The van der Waals surface area contributed by atoms with Crippen LogP contribution in [0.2, 0.25) is 0 Å². The predicted octanol–water partition coefficient (Wildman–Crippen LogP) is 4.22. The summed E-state index contributed by atoms with van der Waals surface area (Å²) >= 11 is 1.90. The van der Waals surface area contributed by atoms with Crippen molar-refractivity contribution in [1.82, 2.24) is 14.9 Å². The number of aryl methyl sites for hydroxylation is 2. The van der Waals surface area contributed by atoms with Crippen LogP contribution in [0.25, 0.3) is 10.2 Å². The molecule has 2 aromatic heterocycles. The molecular formula is C22H32N4OS. The normalized spacial score (nSPS) is 19.9. The summed E-state index contributed by atoms with van der Waals surface area (Å²) in [5, 5.41) is 1.31. The highest BCUT2D eigenvalue weighted by Gasteiger charge is 2.28. The molecular weight excluding hydrogens is 368 g/mol. The number of piperazine rings is 1. The molecule has 2 aromatic rings. The first-order valence-corrected chi connectivity index (χ1v) is 11.8. The first-order chi connectivity index (χ1) is 13.6. The molecule has 0 radical (unpaired) electrons. The van der Waals surface area contributed by atoms with Gasteiger partial charge in [0.25, 0.3) is 0 Å². The second-order valence-corrected chi connectivity index (χ2v) is 9.40. The van der Waals surface area contributed by atoms with Crippen LogP contribution < -0.4 is 4.90 Å². The van der Waals surface area contributed by atoms with Crippen molar-refractivity contribution in [1.29, 1.82) is 0 Å². The molecule has 0 aromatic carbocycles. The van der Waals surface area contributed by atoms with E-state index in [9.17, 15) is 4.79 Å². The van der Waals surface area contributed by atoms with Gasteiger partial charge >= 0.3 is 0 Å². The minimum absolute atomic E-state index is 0.262. The molecule has 2 aliphatic rings. The van der Waals surface area contributed by atoms with E-state index in [-0.39, 0.29) is 5.91 Å². The molecule has 4 rings (SSSR count). The van der Waals surface area contributed by atoms with Crippen LogP contribution in [-0.2, 0) is 24.1 Å². The van der Waals surface area contributed by atoms with Crippen molar-refractivity contribution in [2.24, 2.45) is 5.92 Å². The van der Waals surface area contributed by atoms with Gasteiger partial charge in [0.05, 0.1) is 5.39 Å². The van der Waals surface area contributed by atoms with Crippen molar-refractivity contribution in [3.63, 3.8) is 0 Å². The van der Waals surface area contributed by atoms with Gasteiger partial charge in [0.15, 0.2) is 0 Å². The zero-order chi connectivity index (χ0) is 19.7. The lowest BCUT2D eigenvalue weighted by Gasteiger charge is -2.36. The fourth-order valence-corrected chi connectivity index (χ4v) is 5.83. The fourth-order valence-electron chi connectivity index (χ4n) is 4.43. The summed E-state index contributed by atoms with van der Waals surface area (Å²) in [5.74, 6) is 3.15. The zero-order valence-corrected chi connectivity index (χ0v) is 18.3. The second kappa shape index (κ2) is 8.36. The summed E-state index contributed by atoms with van der Waals surface area (Å²) in [6.07, 6.45) is 7.42. The molecule has 1 aliphatic carbocycles. The Kier molecular flexibility index (Phi) is 5.85. The van der Waals surface area contributed by atoms with Gasteiger partial charge in [-0.25, -0.2) is 9.97 Å². The molecule has 6 heteroatoms. The Hall–Kier alpha value is -1.69. The summed E-state index contributed by atoms with van der Waals surface area (Å²) in [5.41, 5.74) is 1.50. The van der Waals surface area contributed by atoms with Gasteiger partial charge in [-0.05, 0) is 37.2 Å². The molecule has 28 heavy (non-hydrogen) atoms. The van der Waals surface area contributed by atoms with Crippen LogP contribution in [0.1, 0.15) is 62.7 Å². The van der Waals surface area contributed by atoms with Crippen LogP contribution in [0.4, 0.5) is 5.82 Å². The minimum Gasteiger partial charge on any atom is -0.352 e. The van der Waals surface area contributed by atoms with Gasteiger partial charge in [-0.1, -0.05) is 27.2 Å². The van der Waals surface area contributed by atoms with Gasteiger partial charge in [-0.2, -0.15) is 0 Å². The standard InChI is InChI=1S/C22H32N4OS/c1-4-6-7-18-23-21(26-12-10-25(11-13-26)19(27)5-2)20-16-9-8-15(3)14-17(16)28-22(20)24-18/h15H,4-14H2,1-3H3/t15-/m0/s1. The average Bonchev–Trinajstić information content (AvgIpc) is 3.08. The maximum absolute atomic E-state index is 12.1. The smallest absolute Gasteiger partial charge is 0.222 e. The number of unbranched alkanes of at least 4 members (excludes halogenated alkanes) is 1.